The fourth-order valence-corrected chi connectivity index (χ4v) is 1.66. The van der Waals surface area contributed by atoms with Crippen molar-refractivity contribution in [3.63, 3.8) is 0 Å². The van der Waals surface area contributed by atoms with Crippen LogP contribution in [0.4, 0.5) is 0 Å². The summed E-state index contributed by atoms with van der Waals surface area (Å²) in [5.74, 6) is 0.643. The van der Waals surface area contributed by atoms with Gasteiger partial charge >= 0.3 is 0 Å². The third kappa shape index (κ3) is 6.99. The van der Waals surface area contributed by atoms with Crippen molar-refractivity contribution in [2.45, 2.75) is 65.1 Å². The lowest BCUT2D eigenvalue weighted by molar-refractivity contribution is -0.0571. The van der Waals surface area contributed by atoms with Gasteiger partial charge in [0.1, 0.15) is 0 Å². The maximum Gasteiger partial charge on any atom is 0.200 e. The van der Waals surface area contributed by atoms with Crippen LogP contribution >= 0.6 is 0 Å². The van der Waals surface area contributed by atoms with Gasteiger partial charge in [0.15, 0.2) is 12.5 Å². The van der Waals surface area contributed by atoms with E-state index in [0.717, 1.165) is 13.1 Å². The Bertz CT molecular complexity index is 216. The SMILES string of the molecule is CC(CN)CCCCN[C@@H]1O[C@@H]1OC(C)(C)C. The fraction of sp³-hybridized carbons (Fsp3) is 1.00. The number of nitrogens with one attached hydrogen (secondary N) is 1. The molecule has 0 aromatic carbocycles. The second kappa shape index (κ2) is 6.69. The van der Waals surface area contributed by atoms with Crippen molar-refractivity contribution >= 4 is 0 Å². The lowest BCUT2D eigenvalue weighted by Gasteiger charge is -2.17. The molecule has 1 rings (SSSR count). The summed E-state index contributed by atoms with van der Waals surface area (Å²) in [4.78, 5) is 0. The van der Waals surface area contributed by atoms with Crippen LogP contribution in [0, 0.1) is 5.92 Å². The molecule has 1 heterocycles. The lowest BCUT2D eigenvalue weighted by Crippen LogP contribution is -2.27. The Morgan fingerprint density at radius 2 is 2.06 bits per heavy atom. The number of hydrogen-bond donors (Lipinski definition) is 2. The van der Waals surface area contributed by atoms with Gasteiger partial charge in [-0.25, -0.2) is 0 Å². The highest BCUT2D eigenvalue weighted by Crippen LogP contribution is 2.26. The highest BCUT2D eigenvalue weighted by Gasteiger charge is 2.42. The van der Waals surface area contributed by atoms with Crippen LogP contribution in [0.2, 0.25) is 0 Å². The average molecular weight is 244 g/mol. The van der Waals surface area contributed by atoms with Crippen LogP contribution in [0.1, 0.15) is 47.0 Å². The number of epoxide rings is 1. The number of nitrogens with two attached hydrogens (primary N) is 1. The molecule has 1 aliphatic rings. The van der Waals surface area contributed by atoms with Gasteiger partial charge in [-0.2, -0.15) is 0 Å². The van der Waals surface area contributed by atoms with Crippen molar-refractivity contribution in [1.82, 2.24) is 5.32 Å². The lowest BCUT2D eigenvalue weighted by atomic mass is 10.0. The van der Waals surface area contributed by atoms with Gasteiger partial charge in [0.2, 0.25) is 0 Å². The molecule has 1 unspecified atom stereocenters. The summed E-state index contributed by atoms with van der Waals surface area (Å²) in [6, 6.07) is 0. The van der Waals surface area contributed by atoms with Gasteiger partial charge in [0.25, 0.3) is 0 Å². The predicted octanol–water partition coefficient (Wildman–Crippen LogP) is 1.84. The van der Waals surface area contributed by atoms with Gasteiger partial charge < -0.3 is 15.2 Å². The summed E-state index contributed by atoms with van der Waals surface area (Å²) < 4.78 is 11.1. The van der Waals surface area contributed by atoms with Crippen LogP contribution in [0.5, 0.6) is 0 Å². The van der Waals surface area contributed by atoms with E-state index in [1.54, 1.807) is 0 Å². The molecule has 4 heteroatoms. The first-order valence-electron chi connectivity index (χ1n) is 6.69. The van der Waals surface area contributed by atoms with Gasteiger partial charge in [-0.3, -0.25) is 5.32 Å². The maximum atomic E-state index is 5.67. The molecule has 1 aliphatic heterocycles. The first-order chi connectivity index (χ1) is 7.92. The summed E-state index contributed by atoms with van der Waals surface area (Å²) in [7, 11) is 0. The van der Waals surface area contributed by atoms with Crippen LogP contribution in [-0.2, 0) is 9.47 Å². The molecule has 0 radical (unpaired) electrons. The summed E-state index contributed by atoms with van der Waals surface area (Å²) in [5, 5.41) is 3.34. The van der Waals surface area contributed by atoms with Crippen molar-refractivity contribution in [2.75, 3.05) is 13.1 Å². The molecular formula is C13H28N2O2. The largest absolute Gasteiger partial charge is 0.343 e. The maximum absolute atomic E-state index is 5.67. The average Bonchev–Trinajstić information content (AvgIpc) is 2.92. The number of rotatable bonds is 8. The monoisotopic (exact) mass is 244 g/mol. The quantitative estimate of drug-likeness (QED) is 0.505. The highest BCUT2D eigenvalue weighted by molar-refractivity contribution is 4.77. The van der Waals surface area contributed by atoms with Gasteiger partial charge in [-0.1, -0.05) is 13.3 Å². The molecule has 17 heavy (non-hydrogen) atoms. The van der Waals surface area contributed by atoms with Crippen molar-refractivity contribution in [2.24, 2.45) is 11.7 Å². The zero-order valence-electron chi connectivity index (χ0n) is 11.7. The molecule has 0 spiro atoms. The highest BCUT2D eigenvalue weighted by atomic mass is 16.8. The molecular weight excluding hydrogens is 216 g/mol. The van der Waals surface area contributed by atoms with Crippen LogP contribution in [0.3, 0.4) is 0 Å². The Kier molecular flexibility index (Phi) is 5.86. The Hall–Kier alpha value is -0.160. The fourth-order valence-electron chi connectivity index (χ4n) is 1.66. The molecule has 0 saturated carbocycles. The van der Waals surface area contributed by atoms with E-state index >= 15 is 0 Å². The van der Waals surface area contributed by atoms with E-state index in [0.29, 0.717) is 5.92 Å². The first-order valence-corrected chi connectivity index (χ1v) is 6.69. The minimum Gasteiger partial charge on any atom is -0.343 e. The van der Waals surface area contributed by atoms with Gasteiger partial charge in [0.05, 0.1) is 5.60 Å². The first kappa shape index (κ1) is 14.9. The molecule has 0 aliphatic carbocycles. The molecule has 0 aromatic heterocycles. The zero-order valence-corrected chi connectivity index (χ0v) is 11.7. The second-order valence-electron chi connectivity index (χ2n) is 5.95. The minimum absolute atomic E-state index is 0.0574. The number of ether oxygens (including phenoxy) is 2. The second-order valence-corrected chi connectivity index (χ2v) is 5.95. The number of hydrogen-bond acceptors (Lipinski definition) is 4. The van der Waals surface area contributed by atoms with Crippen molar-refractivity contribution in [3.8, 4) is 0 Å². The molecule has 3 N–H and O–H groups in total. The van der Waals surface area contributed by atoms with Gasteiger partial charge in [-0.15, -0.1) is 0 Å². The van der Waals surface area contributed by atoms with Crippen molar-refractivity contribution < 1.29 is 9.47 Å². The van der Waals surface area contributed by atoms with Crippen molar-refractivity contribution in [3.05, 3.63) is 0 Å². The topological polar surface area (TPSA) is 59.8 Å². The summed E-state index contributed by atoms with van der Waals surface area (Å²) in [5.41, 5.74) is 5.44. The normalized spacial score (nSPS) is 25.9. The molecule has 1 saturated heterocycles. The Morgan fingerprint density at radius 3 is 2.65 bits per heavy atom. The summed E-state index contributed by atoms with van der Waals surface area (Å²) >= 11 is 0. The molecule has 1 fully saturated rings. The minimum atomic E-state index is -0.127. The molecule has 4 nitrogen and oxygen atoms in total. The molecule has 3 atom stereocenters. The molecule has 102 valence electrons. The smallest absolute Gasteiger partial charge is 0.200 e. The van der Waals surface area contributed by atoms with Crippen molar-refractivity contribution in [1.29, 1.82) is 0 Å². The third-order valence-electron chi connectivity index (χ3n) is 2.79. The summed E-state index contributed by atoms with van der Waals surface area (Å²) in [6.45, 7) is 10.1. The zero-order chi connectivity index (χ0) is 12.9. The van der Waals surface area contributed by atoms with Gasteiger partial charge in [0, 0.05) is 0 Å². The molecule has 0 amide bonds. The molecule has 0 aromatic rings. The predicted molar refractivity (Wildman–Crippen MR) is 69.6 cm³/mol. The number of unbranched alkanes of at least 4 members (excludes halogenated alkanes) is 1. The Morgan fingerprint density at radius 1 is 1.35 bits per heavy atom. The Labute approximate surface area is 105 Å². The van der Waals surface area contributed by atoms with E-state index in [4.69, 9.17) is 15.2 Å². The summed E-state index contributed by atoms with van der Waals surface area (Å²) in [6.07, 6.45) is 3.65. The molecule has 0 bridgehead atoms. The van der Waals surface area contributed by atoms with E-state index in [-0.39, 0.29) is 18.1 Å². The van der Waals surface area contributed by atoms with E-state index in [1.807, 2.05) is 20.8 Å². The standard InChI is InChI=1S/C13H28N2O2/c1-10(9-14)7-5-6-8-15-11-12(16-11)17-13(2,3)4/h10-12,15H,5-9,14H2,1-4H3/t10?,11-,12-/m1/s1. The van der Waals surface area contributed by atoms with Crippen LogP contribution in [0.25, 0.3) is 0 Å². The van der Waals surface area contributed by atoms with E-state index in [9.17, 15) is 0 Å². The van der Waals surface area contributed by atoms with Crippen LogP contribution in [0.15, 0.2) is 0 Å². The van der Waals surface area contributed by atoms with E-state index in [1.165, 1.54) is 19.3 Å². The van der Waals surface area contributed by atoms with E-state index < -0.39 is 0 Å². The van der Waals surface area contributed by atoms with Gasteiger partial charge in [-0.05, 0) is 52.6 Å². The van der Waals surface area contributed by atoms with Crippen LogP contribution < -0.4 is 11.1 Å². The van der Waals surface area contributed by atoms with Crippen LogP contribution in [-0.4, -0.2) is 31.2 Å². The Balaban J connectivity index is 1.92. The van der Waals surface area contributed by atoms with E-state index in [2.05, 4.69) is 12.2 Å². The third-order valence-corrected chi connectivity index (χ3v) is 2.79.